The molecule has 1 saturated carbocycles. The lowest BCUT2D eigenvalue weighted by atomic mass is 9.96. The predicted molar refractivity (Wildman–Crippen MR) is 76.1 cm³/mol. The monoisotopic (exact) mass is 282 g/mol. The number of nitrogens with zero attached hydrogens (tertiary/aromatic N) is 1. The van der Waals surface area contributed by atoms with Crippen LogP contribution in [0, 0.1) is 11.8 Å². The van der Waals surface area contributed by atoms with Gasteiger partial charge in [-0.25, -0.2) is 0 Å². The van der Waals surface area contributed by atoms with Gasteiger partial charge >= 0.3 is 0 Å². The van der Waals surface area contributed by atoms with Crippen LogP contribution in [0.15, 0.2) is 0 Å². The summed E-state index contributed by atoms with van der Waals surface area (Å²) in [5.41, 5.74) is 0. The van der Waals surface area contributed by atoms with Crippen LogP contribution in [0.4, 0.5) is 0 Å². The molecule has 3 atom stereocenters. The molecule has 2 aliphatic rings. The third-order valence-corrected chi connectivity index (χ3v) is 4.17. The lowest BCUT2D eigenvalue weighted by Gasteiger charge is -2.40. The van der Waals surface area contributed by atoms with Gasteiger partial charge in [-0.2, -0.15) is 0 Å². The molecule has 1 aliphatic carbocycles. The predicted octanol–water partition coefficient (Wildman–Crippen LogP) is 1.17. The van der Waals surface area contributed by atoms with E-state index in [2.05, 4.69) is 19.2 Å². The van der Waals surface area contributed by atoms with Crippen molar-refractivity contribution < 1.29 is 14.3 Å². The number of hydrogen-bond donors (Lipinski definition) is 1. The minimum absolute atomic E-state index is 0.00139. The molecule has 3 unspecified atom stereocenters. The summed E-state index contributed by atoms with van der Waals surface area (Å²) in [4.78, 5) is 26.7. The Labute approximate surface area is 121 Å². The molecule has 0 aromatic heterocycles. The van der Waals surface area contributed by atoms with E-state index in [4.69, 9.17) is 4.74 Å². The summed E-state index contributed by atoms with van der Waals surface area (Å²) in [7, 11) is 1.63. The van der Waals surface area contributed by atoms with E-state index >= 15 is 0 Å². The van der Waals surface area contributed by atoms with Gasteiger partial charge in [-0.05, 0) is 38.0 Å². The van der Waals surface area contributed by atoms with Crippen molar-refractivity contribution in [2.24, 2.45) is 11.8 Å². The number of ether oxygens (including phenoxy) is 1. The molecule has 2 rings (SSSR count). The normalized spacial score (nSPS) is 28.8. The molecule has 0 radical (unpaired) electrons. The zero-order valence-electron chi connectivity index (χ0n) is 12.9. The molecule has 5 nitrogen and oxygen atoms in total. The van der Waals surface area contributed by atoms with Crippen LogP contribution in [0.5, 0.6) is 0 Å². The number of hydrogen-bond acceptors (Lipinski definition) is 3. The lowest BCUT2D eigenvalue weighted by molar-refractivity contribution is -0.152. The first-order valence-corrected chi connectivity index (χ1v) is 7.57. The van der Waals surface area contributed by atoms with Crippen LogP contribution >= 0.6 is 0 Å². The quantitative estimate of drug-likeness (QED) is 0.795. The molecule has 0 spiro atoms. The summed E-state index contributed by atoms with van der Waals surface area (Å²) in [6.45, 7) is 6.56. The summed E-state index contributed by atoms with van der Waals surface area (Å²) in [6, 6.07) is -0.662. The van der Waals surface area contributed by atoms with Crippen molar-refractivity contribution in [3.63, 3.8) is 0 Å². The third kappa shape index (κ3) is 3.32. The molecule has 0 bridgehead atoms. The molecular weight excluding hydrogens is 256 g/mol. The highest BCUT2D eigenvalue weighted by atomic mass is 16.5. The SMILES string of the molecule is COC(C)CN1C(=O)C(C2CC2)NC(=O)C1CC(C)C. The van der Waals surface area contributed by atoms with Gasteiger partial charge in [-0.15, -0.1) is 0 Å². The van der Waals surface area contributed by atoms with Gasteiger partial charge in [0.1, 0.15) is 12.1 Å². The molecule has 0 aromatic carbocycles. The second-order valence-corrected chi connectivity index (χ2v) is 6.51. The maximum absolute atomic E-state index is 12.7. The van der Waals surface area contributed by atoms with Crippen LogP contribution in [0.3, 0.4) is 0 Å². The van der Waals surface area contributed by atoms with E-state index in [0.717, 1.165) is 12.8 Å². The minimum atomic E-state index is -0.352. The number of methoxy groups -OCH3 is 1. The summed E-state index contributed by atoms with van der Waals surface area (Å²) in [6.07, 6.45) is 2.73. The van der Waals surface area contributed by atoms with Gasteiger partial charge in [0.05, 0.1) is 6.10 Å². The van der Waals surface area contributed by atoms with Gasteiger partial charge in [-0.3, -0.25) is 9.59 Å². The molecular formula is C15H26N2O3. The van der Waals surface area contributed by atoms with Crippen molar-refractivity contribution >= 4 is 11.8 Å². The van der Waals surface area contributed by atoms with E-state index in [0.29, 0.717) is 24.8 Å². The van der Waals surface area contributed by atoms with Gasteiger partial charge < -0.3 is 15.0 Å². The van der Waals surface area contributed by atoms with Crippen molar-refractivity contribution in [2.45, 2.75) is 58.2 Å². The molecule has 2 amide bonds. The van der Waals surface area contributed by atoms with E-state index in [1.165, 1.54) is 0 Å². The molecule has 1 saturated heterocycles. The molecule has 1 N–H and O–H groups in total. The van der Waals surface area contributed by atoms with Gasteiger partial charge in [0.2, 0.25) is 11.8 Å². The average molecular weight is 282 g/mol. The summed E-state index contributed by atoms with van der Waals surface area (Å²) >= 11 is 0. The minimum Gasteiger partial charge on any atom is -0.380 e. The Hall–Kier alpha value is -1.10. The van der Waals surface area contributed by atoms with Crippen LogP contribution in [0.2, 0.25) is 0 Å². The number of piperazine rings is 1. The van der Waals surface area contributed by atoms with Crippen molar-refractivity contribution in [2.75, 3.05) is 13.7 Å². The maximum atomic E-state index is 12.7. The van der Waals surface area contributed by atoms with Crippen LogP contribution in [-0.2, 0) is 14.3 Å². The van der Waals surface area contributed by atoms with Gasteiger partial charge in [-0.1, -0.05) is 13.8 Å². The Kier molecular flexibility index (Phi) is 4.68. The van der Waals surface area contributed by atoms with Crippen LogP contribution in [0.25, 0.3) is 0 Å². The van der Waals surface area contributed by atoms with Crippen molar-refractivity contribution in [3.05, 3.63) is 0 Å². The third-order valence-electron chi connectivity index (χ3n) is 4.17. The lowest BCUT2D eigenvalue weighted by Crippen LogP contribution is -2.65. The van der Waals surface area contributed by atoms with Crippen LogP contribution in [-0.4, -0.2) is 48.6 Å². The number of carbonyl (C=O) groups excluding carboxylic acids is 2. The second-order valence-electron chi connectivity index (χ2n) is 6.51. The standard InChI is InChI=1S/C15H26N2O3/c1-9(2)7-12-14(18)16-13(11-5-6-11)15(19)17(12)8-10(3)20-4/h9-13H,5-8H2,1-4H3,(H,16,18). The molecule has 114 valence electrons. The highest BCUT2D eigenvalue weighted by molar-refractivity contribution is 5.97. The van der Waals surface area contributed by atoms with E-state index in [1.54, 1.807) is 12.0 Å². The zero-order chi connectivity index (χ0) is 14.9. The Balaban J connectivity index is 2.15. The first kappa shape index (κ1) is 15.3. The summed E-state index contributed by atoms with van der Waals surface area (Å²) in [5, 5.41) is 2.93. The summed E-state index contributed by atoms with van der Waals surface area (Å²) < 4.78 is 5.28. The fourth-order valence-electron chi connectivity index (χ4n) is 2.78. The van der Waals surface area contributed by atoms with E-state index in [1.807, 2.05) is 6.92 Å². The fraction of sp³-hybridized carbons (Fsp3) is 0.867. The zero-order valence-corrected chi connectivity index (χ0v) is 12.9. The topological polar surface area (TPSA) is 58.6 Å². The van der Waals surface area contributed by atoms with Crippen LogP contribution < -0.4 is 5.32 Å². The number of rotatable bonds is 6. The Morgan fingerprint density at radius 3 is 2.45 bits per heavy atom. The molecule has 1 heterocycles. The second kappa shape index (κ2) is 6.12. The van der Waals surface area contributed by atoms with Crippen molar-refractivity contribution in [1.82, 2.24) is 10.2 Å². The Morgan fingerprint density at radius 1 is 1.30 bits per heavy atom. The first-order chi connectivity index (χ1) is 9.43. The van der Waals surface area contributed by atoms with E-state index in [-0.39, 0.29) is 30.0 Å². The largest absolute Gasteiger partial charge is 0.380 e. The number of nitrogens with one attached hydrogen (secondary N) is 1. The highest BCUT2D eigenvalue weighted by Crippen LogP contribution is 2.35. The fourth-order valence-corrected chi connectivity index (χ4v) is 2.78. The van der Waals surface area contributed by atoms with E-state index in [9.17, 15) is 9.59 Å². The number of carbonyl (C=O) groups is 2. The molecule has 5 heteroatoms. The summed E-state index contributed by atoms with van der Waals surface area (Å²) in [5.74, 6) is 0.781. The Bertz CT molecular complexity index is 379. The van der Waals surface area contributed by atoms with E-state index < -0.39 is 0 Å². The van der Waals surface area contributed by atoms with Gasteiger partial charge in [0.15, 0.2) is 0 Å². The van der Waals surface area contributed by atoms with Gasteiger partial charge in [0.25, 0.3) is 0 Å². The van der Waals surface area contributed by atoms with Crippen LogP contribution in [0.1, 0.15) is 40.0 Å². The molecule has 1 aliphatic heterocycles. The highest BCUT2D eigenvalue weighted by Gasteiger charge is 2.47. The van der Waals surface area contributed by atoms with Gasteiger partial charge in [0, 0.05) is 13.7 Å². The van der Waals surface area contributed by atoms with Crippen molar-refractivity contribution in [3.8, 4) is 0 Å². The molecule has 2 fully saturated rings. The number of amides is 2. The Morgan fingerprint density at radius 2 is 1.95 bits per heavy atom. The average Bonchev–Trinajstić information content (AvgIpc) is 3.21. The molecule has 0 aromatic rings. The maximum Gasteiger partial charge on any atom is 0.246 e. The van der Waals surface area contributed by atoms with Crippen molar-refractivity contribution in [1.29, 1.82) is 0 Å². The molecule has 20 heavy (non-hydrogen) atoms. The first-order valence-electron chi connectivity index (χ1n) is 7.57. The smallest absolute Gasteiger partial charge is 0.246 e.